The summed E-state index contributed by atoms with van der Waals surface area (Å²) in [6, 6.07) is 9.23. The van der Waals surface area contributed by atoms with Crippen LogP contribution in [0.4, 0.5) is 5.69 Å². The monoisotopic (exact) mass is 389 g/mol. The second-order valence-electron chi connectivity index (χ2n) is 5.75. The number of nitro benzene ring substituents is 1. The SMILES string of the molecule is O=C(/C=C/c1ccc([N+](=O)[O-])cc1)OCc1cc(Cl)c2c(c1)OCCCO2. The zero-order chi connectivity index (χ0) is 19.2. The second-order valence-corrected chi connectivity index (χ2v) is 6.15. The normalized spacial score (nSPS) is 13.2. The topological polar surface area (TPSA) is 87.9 Å². The predicted octanol–water partition coefficient (Wildman–Crippen LogP) is 4.17. The number of carbonyl (C=O) groups is 1. The number of nitro groups is 1. The van der Waals surface area contributed by atoms with E-state index in [2.05, 4.69) is 0 Å². The highest BCUT2D eigenvalue weighted by molar-refractivity contribution is 6.32. The van der Waals surface area contributed by atoms with E-state index in [1.165, 1.54) is 24.3 Å². The van der Waals surface area contributed by atoms with Crippen LogP contribution in [0, 0.1) is 10.1 Å². The van der Waals surface area contributed by atoms with Crippen molar-refractivity contribution in [1.82, 2.24) is 0 Å². The molecule has 0 aromatic heterocycles. The van der Waals surface area contributed by atoms with E-state index in [9.17, 15) is 14.9 Å². The summed E-state index contributed by atoms with van der Waals surface area (Å²) in [4.78, 5) is 22.0. The summed E-state index contributed by atoms with van der Waals surface area (Å²) < 4.78 is 16.3. The number of benzene rings is 2. The molecule has 0 saturated carbocycles. The average molecular weight is 390 g/mol. The molecule has 0 saturated heterocycles. The van der Waals surface area contributed by atoms with Crippen LogP contribution in [0.15, 0.2) is 42.5 Å². The molecule has 0 bridgehead atoms. The minimum Gasteiger partial charge on any atom is -0.489 e. The molecule has 8 heteroatoms. The Morgan fingerprint density at radius 1 is 1.22 bits per heavy atom. The zero-order valence-corrected chi connectivity index (χ0v) is 15.0. The molecule has 0 unspecified atom stereocenters. The van der Waals surface area contributed by atoms with Gasteiger partial charge in [-0.3, -0.25) is 10.1 Å². The second kappa shape index (κ2) is 8.55. The first-order valence-corrected chi connectivity index (χ1v) is 8.58. The predicted molar refractivity (Wildman–Crippen MR) is 99.0 cm³/mol. The summed E-state index contributed by atoms with van der Waals surface area (Å²) in [5.41, 5.74) is 1.32. The number of ether oxygens (including phenoxy) is 3. The number of fused-ring (bicyclic) bond motifs is 1. The van der Waals surface area contributed by atoms with E-state index in [0.717, 1.165) is 6.42 Å². The Morgan fingerprint density at radius 2 is 1.96 bits per heavy atom. The summed E-state index contributed by atoms with van der Waals surface area (Å²) >= 11 is 6.20. The van der Waals surface area contributed by atoms with Gasteiger partial charge in [0.2, 0.25) is 0 Å². The number of nitrogens with zero attached hydrogens (tertiary/aromatic N) is 1. The fraction of sp³-hybridized carbons (Fsp3) is 0.211. The summed E-state index contributed by atoms with van der Waals surface area (Å²) in [7, 11) is 0. The van der Waals surface area contributed by atoms with E-state index in [1.54, 1.807) is 24.3 Å². The highest BCUT2D eigenvalue weighted by atomic mass is 35.5. The Bertz CT molecular complexity index is 879. The molecule has 0 radical (unpaired) electrons. The van der Waals surface area contributed by atoms with Gasteiger partial charge in [-0.25, -0.2) is 4.79 Å². The van der Waals surface area contributed by atoms with Gasteiger partial charge in [0.25, 0.3) is 5.69 Å². The number of halogens is 1. The van der Waals surface area contributed by atoms with Crippen molar-refractivity contribution in [2.45, 2.75) is 13.0 Å². The Balaban J connectivity index is 1.59. The molecule has 0 atom stereocenters. The van der Waals surface area contributed by atoms with Gasteiger partial charge in [0.05, 0.1) is 23.2 Å². The summed E-state index contributed by atoms with van der Waals surface area (Å²) in [5.74, 6) is 0.492. The maximum absolute atomic E-state index is 11.9. The molecule has 2 aromatic carbocycles. The number of hydrogen-bond acceptors (Lipinski definition) is 6. The van der Waals surface area contributed by atoms with E-state index >= 15 is 0 Å². The minimum atomic E-state index is -0.545. The van der Waals surface area contributed by atoms with Crippen molar-refractivity contribution in [3.05, 3.63) is 68.7 Å². The standard InChI is InChI=1S/C19H16ClNO6/c20-16-10-14(11-17-19(16)26-9-1-8-25-17)12-27-18(22)7-4-13-2-5-15(6-3-13)21(23)24/h2-7,10-11H,1,8-9,12H2/b7-4+. The van der Waals surface area contributed by atoms with Gasteiger partial charge < -0.3 is 14.2 Å². The first-order chi connectivity index (χ1) is 13.0. The lowest BCUT2D eigenvalue weighted by Gasteiger charge is -2.11. The molecule has 3 rings (SSSR count). The quantitative estimate of drug-likeness (QED) is 0.330. The van der Waals surface area contributed by atoms with Gasteiger partial charge in [-0.15, -0.1) is 0 Å². The summed E-state index contributed by atoms with van der Waals surface area (Å²) in [5, 5.41) is 11.0. The van der Waals surface area contributed by atoms with Crippen molar-refractivity contribution in [2.24, 2.45) is 0 Å². The molecule has 1 aliphatic heterocycles. The smallest absolute Gasteiger partial charge is 0.331 e. The van der Waals surface area contributed by atoms with Crippen molar-refractivity contribution >= 4 is 29.3 Å². The third-order valence-electron chi connectivity index (χ3n) is 3.76. The first kappa shape index (κ1) is 18.7. The van der Waals surface area contributed by atoms with Gasteiger partial charge in [0, 0.05) is 24.6 Å². The maximum Gasteiger partial charge on any atom is 0.331 e. The van der Waals surface area contributed by atoms with Crippen LogP contribution in [-0.2, 0) is 16.1 Å². The molecule has 0 spiro atoms. The van der Waals surface area contributed by atoms with Crippen molar-refractivity contribution in [3.63, 3.8) is 0 Å². The molecule has 2 aromatic rings. The number of rotatable bonds is 5. The van der Waals surface area contributed by atoms with Crippen molar-refractivity contribution in [1.29, 1.82) is 0 Å². The van der Waals surface area contributed by atoms with Gasteiger partial charge in [-0.2, -0.15) is 0 Å². The largest absolute Gasteiger partial charge is 0.489 e. The summed E-state index contributed by atoms with van der Waals surface area (Å²) in [6.45, 7) is 1.10. The van der Waals surface area contributed by atoms with Crippen LogP contribution in [0.3, 0.4) is 0 Å². The Hall–Kier alpha value is -3.06. The van der Waals surface area contributed by atoms with Crippen LogP contribution < -0.4 is 9.47 Å². The molecule has 7 nitrogen and oxygen atoms in total. The molecule has 140 valence electrons. The molecule has 0 N–H and O–H groups in total. The average Bonchev–Trinajstić information content (AvgIpc) is 2.91. The number of esters is 1. The zero-order valence-electron chi connectivity index (χ0n) is 14.2. The van der Waals surface area contributed by atoms with E-state index in [1.807, 2.05) is 0 Å². The molecule has 1 aliphatic rings. The van der Waals surface area contributed by atoms with Gasteiger partial charge in [0.15, 0.2) is 11.5 Å². The Kier molecular flexibility index (Phi) is 5.93. The molecule has 0 fully saturated rings. The maximum atomic E-state index is 11.9. The fourth-order valence-electron chi connectivity index (χ4n) is 2.44. The number of carbonyl (C=O) groups excluding carboxylic acids is 1. The van der Waals surface area contributed by atoms with Gasteiger partial charge in [-0.05, 0) is 41.5 Å². The van der Waals surface area contributed by atoms with E-state index in [4.69, 9.17) is 25.8 Å². The van der Waals surface area contributed by atoms with Crippen LogP contribution in [0.25, 0.3) is 6.08 Å². The summed E-state index contributed by atoms with van der Waals surface area (Å²) in [6.07, 6.45) is 3.54. The lowest BCUT2D eigenvalue weighted by Crippen LogP contribution is -2.02. The lowest BCUT2D eigenvalue weighted by molar-refractivity contribution is -0.384. The van der Waals surface area contributed by atoms with Crippen LogP contribution >= 0.6 is 11.6 Å². The molecular formula is C19H16ClNO6. The third kappa shape index (κ3) is 4.98. The van der Waals surface area contributed by atoms with Crippen LogP contribution in [0.2, 0.25) is 5.02 Å². The first-order valence-electron chi connectivity index (χ1n) is 8.20. The van der Waals surface area contributed by atoms with E-state index in [0.29, 0.717) is 40.9 Å². The Labute approximate surface area is 160 Å². The molecule has 0 amide bonds. The van der Waals surface area contributed by atoms with Crippen molar-refractivity contribution < 1.29 is 23.9 Å². The van der Waals surface area contributed by atoms with Gasteiger partial charge in [-0.1, -0.05) is 11.6 Å². The van der Waals surface area contributed by atoms with Crippen molar-refractivity contribution in [3.8, 4) is 11.5 Å². The fourth-order valence-corrected chi connectivity index (χ4v) is 2.73. The van der Waals surface area contributed by atoms with E-state index in [-0.39, 0.29) is 12.3 Å². The van der Waals surface area contributed by atoms with Crippen LogP contribution in [0.5, 0.6) is 11.5 Å². The number of hydrogen-bond donors (Lipinski definition) is 0. The molecule has 27 heavy (non-hydrogen) atoms. The lowest BCUT2D eigenvalue weighted by atomic mass is 10.2. The highest BCUT2D eigenvalue weighted by Crippen LogP contribution is 2.38. The van der Waals surface area contributed by atoms with Crippen molar-refractivity contribution in [2.75, 3.05) is 13.2 Å². The minimum absolute atomic E-state index is 0.0130. The highest BCUT2D eigenvalue weighted by Gasteiger charge is 2.16. The molecule has 1 heterocycles. The van der Waals surface area contributed by atoms with Gasteiger partial charge in [0.1, 0.15) is 6.61 Å². The third-order valence-corrected chi connectivity index (χ3v) is 4.04. The van der Waals surface area contributed by atoms with Gasteiger partial charge >= 0.3 is 5.97 Å². The van der Waals surface area contributed by atoms with E-state index < -0.39 is 10.9 Å². The van der Waals surface area contributed by atoms with Crippen LogP contribution in [-0.4, -0.2) is 24.1 Å². The molecule has 0 aliphatic carbocycles. The Morgan fingerprint density at radius 3 is 2.70 bits per heavy atom. The number of non-ortho nitro benzene ring substituents is 1. The molecular weight excluding hydrogens is 374 g/mol. The van der Waals surface area contributed by atoms with Crippen LogP contribution in [0.1, 0.15) is 17.5 Å².